The van der Waals surface area contributed by atoms with Crippen LogP contribution >= 0.6 is 11.6 Å². The second kappa shape index (κ2) is 13.8. The fraction of sp³-hybridized carbons (Fsp3) is 0.412. The maximum Gasteiger partial charge on any atom is 0.155 e. The van der Waals surface area contributed by atoms with Gasteiger partial charge in [0.05, 0.1) is 34.6 Å². The molecule has 10 nitrogen and oxygen atoms in total. The summed E-state index contributed by atoms with van der Waals surface area (Å²) in [7, 11) is 6.58. The first kappa shape index (κ1) is 32.1. The number of rotatable bonds is 12. The lowest BCUT2D eigenvalue weighted by atomic mass is 10.0. The van der Waals surface area contributed by atoms with E-state index in [0.29, 0.717) is 23.7 Å². The van der Waals surface area contributed by atoms with Gasteiger partial charge in [0.25, 0.3) is 0 Å². The highest BCUT2D eigenvalue weighted by Gasteiger charge is 2.41. The summed E-state index contributed by atoms with van der Waals surface area (Å²) in [6, 6.07) is 15.6. The third-order valence-electron chi connectivity index (χ3n) is 8.66. The Labute approximate surface area is 269 Å². The molecule has 2 aliphatic rings. The lowest BCUT2D eigenvalue weighted by Crippen LogP contribution is -2.08. The predicted octanol–water partition coefficient (Wildman–Crippen LogP) is 6.97. The average Bonchev–Trinajstić information content (AvgIpc) is 4.01. The molecule has 0 unspecified atom stereocenters. The van der Waals surface area contributed by atoms with Gasteiger partial charge >= 0.3 is 0 Å². The summed E-state index contributed by atoms with van der Waals surface area (Å²) < 4.78 is 21.2. The molecular formula is C34H41ClN6O4. The highest BCUT2D eigenvalue weighted by molar-refractivity contribution is 6.30. The van der Waals surface area contributed by atoms with Gasteiger partial charge in [0, 0.05) is 41.9 Å². The number of nitrogens with zero attached hydrogens (tertiary/aromatic N) is 4. The largest absolute Gasteiger partial charge is 0.497 e. The number of hydrogen-bond acceptors (Lipinski definition) is 10. The molecule has 4 aromatic rings. The minimum Gasteiger partial charge on any atom is -0.497 e. The van der Waals surface area contributed by atoms with Crippen molar-refractivity contribution in [3.8, 4) is 23.0 Å². The van der Waals surface area contributed by atoms with Crippen LogP contribution in [0.1, 0.15) is 61.8 Å². The summed E-state index contributed by atoms with van der Waals surface area (Å²) in [6.07, 6.45) is 6.61. The molecule has 0 atom stereocenters. The van der Waals surface area contributed by atoms with Crippen molar-refractivity contribution >= 4 is 23.2 Å². The van der Waals surface area contributed by atoms with E-state index in [4.69, 9.17) is 30.5 Å². The lowest BCUT2D eigenvalue weighted by Gasteiger charge is -2.14. The molecule has 45 heavy (non-hydrogen) atoms. The van der Waals surface area contributed by atoms with E-state index in [9.17, 15) is 0 Å². The average molecular weight is 633 g/mol. The second-order valence-electron chi connectivity index (χ2n) is 11.9. The van der Waals surface area contributed by atoms with Crippen LogP contribution in [0.2, 0.25) is 5.15 Å². The number of anilines is 2. The molecule has 2 N–H and O–H groups in total. The summed E-state index contributed by atoms with van der Waals surface area (Å²) in [5.74, 6) is 4.63. The number of ether oxygens (including phenoxy) is 4. The Hall–Kier alpha value is -4.31. The van der Waals surface area contributed by atoms with Crippen LogP contribution in [0, 0.1) is 0 Å². The first-order valence-corrected chi connectivity index (χ1v) is 15.3. The van der Waals surface area contributed by atoms with E-state index in [1.807, 2.05) is 48.7 Å². The SMILES string of the molecule is COc1ccc(CNc2cc(C3(C)CC3)c(Cl)nn2)c(OC)c1.COc1ccc(CNc2cc(C3(C)CC3)cnn2)c(OC)c1. The van der Waals surface area contributed by atoms with Gasteiger partial charge in [-0.05, 0) is 78.5 Å². The zero-order valence-corrected chi connectivity index (χ0v) is 27.5. The maximum atomic E-state index is 6.18. The van der Waals surface area contributed by atoms with Crippen LogP contribution in [-0.2, 0) is 23.9 Å². The molecular weight excluding hydrogens is 592 g/mol. The van der Waals surface area contributed by atoms with E-state index in [2.05, 4.69) is 50.9 Å². The van der Waals surface area contributed by atoms with E-state index < -0.39 is 0 Å². The summed E-state index contributed by atoms with van der Waals surface area (Å²) >= 11 is 6.18. The fourth-order valence-corrected chi connectivity index (χ4v) is 5.29. The molecule has 0 aliphatic heterocycles. The summed E-state index contributed by atoms with van der Waals surface area (Å²) in [5.41, 5.74) is 4.84. The summed E-state index contributed by atoms with van der Waals surface area (Å²) in [5, 5.41) is 23.6. The van der Waals surface area contributed by atoms with Crippen molar-refractivity contribution in [3.05, 3.63) is 82.1 Å². The zero-order chi connectivity index (χ0) is 32.0. The number of nitrogens with one attached hydrogen (secondary N) is 2. The third kappa shape index (κ3) is 7.86. The van der Waals surface area contributed by atoms with Gasteiger partial charge in [0.15, 0.2) is 5.15 Å². The van der Waals surface area contributed by atoms with Crippen LogP contribution in [-0.4, -0.2) is 48.8 Å². The van der Waals surface area contributed by atoms with E-state index in [-0.39, 0.29) is 5.41 Å². The molecule has 2 aliphatic carbocycles. The van der Waals surface area contributed by atoms with E-state index in [1.54, 1.807) is 28.4 Å². The topological polar surface area (TPSA) is 113 Å². The van der Waals surface area contributed by atoms with Crippen molar-refractivity contribution in [1.29, 1.82) is 0 Å². The van der Waals surface area contributed by atoms with Crippen LogP contribution in [0.5, 0.6) is 23.0 Å². The highest BCUT2D eigenvalue weighted by atomic mass is 35.5. The molecule has 2 aromatic carbocycles. The van der Waals surface area contributed by atoms with Gasteiger partial charge in [-0.3, -0.25) is 0 Å². The normalized spacial score (nSPS) is 15.2. The lowest BCUT2D eigenvalue weighted by molar-refractivity contribution is 0.391. The first-order valence-electron chi connectivity index (χ1n) is 15.0. The van der Waals surface area contributed by atoms with Crippen LogP contribution in [0.3, 0.4) is 0 Å². The first-order chi connectivity index (χ1) is 21.7. The fourth-order valence-electron chi connectivity index (χ4n) is 4.97. The van der Waals surface area contributed by atoms with Crippen molar-refractivity contribution in [3.63, 3.8) is 0 Å². The van der Waals surface area contributed by atoms with Crippen molar-refractivity contribution in [2.24, 2.45) is 0 Å². The standard InChI is InChI=1S/C17H20ClN3O2.C17H21N3O2/c1-17(6-7-17)13-9-15(20-21-16(13)18)19-10-11-4-5-12(22-2)8-14(11)23-3;1-17(6-7-17)13-8-16(20-19-11-13)18-10-12-4-5-14(21-2)9-15(12)22-3/h4-5,8-9H,6-7,10H2,1-3H3,(H,19,20);4-5,8-9,11H,6-7,10H2,1-3H3,(H,18,20). The molecule has 0 amide bonds. The van der Waals surface area contributed by atoms with E-state index in [1.165, 1.54) is 18.4 Å². The molecule has 2 saturated carbocycles. The van der Waals surface area contributed by atoms with Crippen LogP contribution in [0.4, 0.5) is 11.6 Å². The van der Waals surface area contributed by atoms with Gasteiger partial charge in [-0.15, -0.1) is 15.3 Å². The minimum atomic E-state index is 0.154. The Balaban J connectivity index is 0.000000178. The van der Waals surface area contributed by atoms with Crippen molar-refractivity contribution < 1.29 is 18.9 Å². The maximum absolute atomic E-state index is 6.18. The Morgan fingerprint density at radius 3 is 1.69 bits per heavy atom. The quantitative estimate of drug-likeness (QED) is 0.170. The van der Waals surface area contributed by atoms with Gasteiger partial charge in [-0.2, -0.15) is 5.10 Å². The molecule has 0 radical (unpaired) electrons. The molecule has 6 rings (SSSR count). The van der Waals surface area contributed by atoms with Crippen molar-refractivity contribution in [1.82, 2.24) is 20.4 Å². The summed E-state index contributed by atoms with van der Waals surface area (Å²) in [6.45, 7) is 5.67. The number of hydrogen-bond donors (Lipinski definition) is 2. The monoisotopic (exact) mass is 632 g/mol. The molecule has 11 heteroatoms. The van der Waals surface area contributed by atoms with Crippen LogP contribution in [0.15, 0.2) is 54.7 Å². The van der Waals surface area contributed by atoms with Crippen molar-refractivity contribution in [2.45, 2.75) is 63.5 Å². The van der Waals surface area contributed by atoms with Gasteiger partial charge in [-0.25, -0.2) is 0 Å². The zero-order valence-electron chi connectivity index (χ0n) is 26.7. The molecule has 2 fully saturated rings. The minimum absolute atomic E-state index is 0.154. The Bertz CT molecular complexity index is 1630. The molecule has 0 bridgehead atoms. The van der Waals surface area contributed by atoms with E-state index >= 15 is 0 Å². The molecule has 2 aromatic heterocycles. The Morgan fingerprint density at radius 1 is 0.667 bits per heavy atom. The highest BCUT2D eigenvalue weighted by Crippen LogP contribution is 2.50. The van der Waals surface area contributed by atoms with Gasteiger partial charge in [0.2, 0.25) is 0 Å². The smallest absolute Gasteiger partial charge is 0.155 e. The second-order valence-corrected chi connectivity index (χ2v) is 12.3. The number of aromatic nitrogens is 4. The van der Waals surface area contributed by atoms with Crippen LogP contribution in [0.25, 0.3) is 0 Å². The van der Waals surface area contributed by atoms with Gasteiger partial charge in [-0.1, -0.05) is 25.4 Å². The molecule has 238 valence electrons. The third-order valence-corrected chi connectivity index (χ3v) is 8.94. The van der Waals surface area contributed by atoms with Gasteiger partial charge < -0.3 is 29.6 Å². The number of methoxy groups -OCH3 is 4. The summed E-state index contributed by atoms with van der Waals surface area (Å²) in [4.78, 5) is 0. The number of benzene rings is 2. The van der Waals surface area contributed by atoms with Crippen molar-refractivity contribution in [2.75, 3.05) is 39.1 Å². The molecule has 2 heterocycles. The van der Waals surface area contributed by atoms with Crippen LogP contribution < -0.4 is 29.6 Å². The Kier molecular flexibility index (Phi) is 9.82. The molecule has 0 saturated heterocycles. The van der Waals surface area contributed by atoms with Gasteiger partial charge in [0.1, 0.15) is 34.6 Å². The number of halogens is 1. The predicted molar refractivity (Wildman–Crippen MR) is 176 cm³/mol. The molecule has 0 spiro atoms. The van der Waals surface area contributed by atoms with E-state index in [0.717, 1.165) is 64.2 Å². The Morgan fingerprint density at radius 2 is 1.20 bits per heavy atom.